The highest BCUT2D eigenvalue weighted by Gasteiger charge is 2.29. The summed E-state index contributed by atoms with van der Waals surface area (Å²) in [5.41, 5.74) is 0.169. The largest absolute Gasteiger partial charge is 0.469 e. The lowest BCUT2D eigenvalue weighted by atomic mass is 10.1. The van der Waals surface area contributed by atoms with Crippen LogP contribution in [-0.4, -0.2) is 39.2 Å². The van der Waals surface area contributed by atoms with Crippen molar-refractivity contribution in [1.82, 2.24) is 10.6 Å². The Morgan fingerprint density at radius 2 is 1.76 bits per heavy atom. The first-order chi connectivity index (χ1) is 11.9. The van der Waals surface area contributed by atoms with Crippen molar-refractivity contribution in [2.75, 3.05) is 27.2 Å². The van der Waals surface area contributed by atoms with Gasteiger partial charge in [0.2, 0.25) is 0 Å². The lowest BCUT2D eigenvalue weighted by molar-refractivity contribution is -0.140. The fraction of sp³-hybridized carbons (Fsp3) is 0.529. The van der Waals surface area contributed by atoms with Crippen molar-refractivity contribution in [3.8, 4) is 0 Å². The molecule has 5 nitrogen and oxygen atoms in total. The van der Waals surface area contributed by atoms with Gasteiger partial charge in [-0.05, 0) is 37.0 Å². The number of aliphatic imine (C=N–C) groups is 1. The number of hydrogen-bond acceptors (Lipinski definition) is 3. The van der Waals surface area contributed by atoms with Crippen LogP contribution in [0.2, 0.25) is 0 Å². The lowest BCUT2D eigenvalue weighted by Gasteiger charge is -2.12. The number of ether oxygens (including phenoxy) is 1. The van der Waals surface area contributed by atoms with Crippen molar-refractivity contribution in [3.63, 3.8) is 0 Å². The van der Waals surface area contributed by atoms with Crippen molar-refractivity contribution in [3.05, 3.63) is 35.4 Å². The third-order valence-electron chi connectivity index (χ3n) is 3.54. The van der Waals surface area contributed by atoms with Gasteiger partial charge in [0.15, 0.2) is 5.96 Å². The summed E-state index contributed by atoms with van der Waals surface area (Å²) in [6.45, 7) is 1.21. The van der Waals surface area contributed by atoms with Crippen molar-refractivity contribution in [1.29, 1.82) is 0 Å². The normalized spacial score (nSPS) is 12.0. The van der Waals surface area contributed by atoms with Gasteiger partial charge in [0.25, 0.3) is 0 Å². The molecule has 0 saturated carbocycles. The molecule has 0 amide bonds. The van der Waals surface area contributed by atoms with E-state index in [1.54, 1.807) is 7.05 Å². The summed E-state index contributed by atoms with van der Waals surface area (Å²) in [5, 5.41) is 6.21. The van der Waals surface area contributed by atoms with Gasteiger partial charge in [0, 0.05) is 26.6 Å². The SMILES string of the molecule is CN=C(NCCCCC(=O)OC)NCCc1ccc(C(F)(F)F)cc1. The van der Waals surface area contributed by atoms with E-state index in [2.05, 4.69) is 20.4 Å². The van der Waals surface area contributed by atoms with E-state index in [4.69, 9.17) is 0 Å². The van der Waals surface area contributed by atoms with E-state index < -0.39 is 11.7 Å². The zero-order chi connectivity index (χ0) is 18.7. The van der Waals surface area contributed by atoms with E-state index in [1.807, 2.05) is 0 Å². The number of carbonyl (C=O) groups excluding carboxylic acids is 1. The van der Waals surface area contributed by atoms with Gasteiger partial charge in [0.05, 0.1) is 12.7 Å². The van der Waals surface area contributed by atoms with Crippen molar-refractivity contribution in [2.45, 2.75) is 31.9 Å². The van der Waals surface area contributed by atoms with Crippen LogP contribution in [0.25, 0.3) is 0 Å². The molecule has 25 heavy (non-hydrogen) atoms. The van der Waals surface area contributed by atoms with Crippen molar-refractivity contribution < 1.29 is 22.7 Å². The van der Waals surface area contributed by atoms with Crippen LogP contribution in [0.1, 0.15) is 30.4 Å². The van der Waals surface area contributed by atoms with Gasteiger partial charge in [-0.15, -0.1) is 0 Å². The molecule has 0 aromatic heterocycles. The smallest absolute Gasteiger partial charge is 0.416 e. The molecule has 0 unspecified atom stereocenters. The second-order valence-corrected chi connectivity index (χ2v) is 5.40. The maximum Gasteiger partial charge on any atom is 0.416 e. The third-order valence-corrected chi connectivity index (χ3v) is 3.54. The molecule has 0 atom stereocenters. The Morgan fingerprint density at radius 3 is 2.32 bits per heavy atom. The van der Waals surface area contributed by atoms with Crippen LogP contribution >= 0.6 is 0 Å². The second kappa shape index (κ2) is 10.6. The molecule has 1 rings (SSSR count). The number of unbranched alkanes of at least 4 members (excludes halogenated alkanes) is 1. The molecule has 0 aliphatic rings. The Kier molecular flexibility index (Phi) is 8.80. The van der Waals surface area contributed by atoms with E-state index in [1.165, 1.54) is 19.2 Å². The summed E-state index contributed by atoms with van der Waals surface area (Å²) >= 11 is 0. The van der Waals surface area contributed by atoms with E-state index in [0.717, 1.165) is 30.5 Å². The van der Waals surface area contributed by atoms with Crippen molar-refractivity contribution in [2.24, 2.45) is 4.99 Å². The van der Waals surface area contributed by atoms with Gasteiger partial charge in [0.1, 0.15) is 0 Å². The molecule has 0 bridgehead atoms. The molecule has 0 aliphatic carbocycles. The van der Waals surface area contributed by atoms with E-state index in [9.17, 15) is 18.0 Å². The fourth-order valence-electron chi connectivity index (χ4n) is 2.11. The highest BCUT2D eigenvalue weighted by atomic mass is 19.4. The zero-order valence-electron chi connectivity index (χ0n) is 14.4. The number of methoxy groups -OCH3 is 1. The summed E-state index contributed by atoms with van der Waals surface area (Å²) in [4.78, 5) is 15.0. The summed E-state index contributed by atoms with van der Waals surface area (Å²) in [7, 11) is 3.00. The first-order valence-electron chi connectivity index (χ1n) is 8.04. The molecule has 1 aromatic carbocycles. The minimum Gasteiger partial charge on any atom is -0.469 e. The molecule has 0 aliphatic heterocycles. The Hall–Kier alpha value is -2.25. The van der Waals surface area contributed by atoms with Crippen molar-refractivity contribution >= 4 is 11.9 Å². The Morgan fingerprint density at radius 1 is 1.12 bits per heavy atom. The summed E-state index contributed by atoms with van der Waals surface area (Å²) < 4.78 is 42.1. The van der Waals surface area contributed by atoms with Crippen LogP contribution in [0.3, 0.4) is 0 Å². The predicted molar refractivity (Wildman–Crippen MR) is 90.4 cm³/mol. The van der Waals surface area contributed by atoms with Crippen LogP contribution in [0.15, 0.2) is 29.3 Å². The fourth-order valence-corrected chi connectivity index (χ4v) is 2.11. The summed E-state index contributed by atoms with van der Waals surface area (Å²) in [5.74, 6) is 0.393. The van der Waals surface area contributed by atoms with Gasteiger partial charge in [-0.3, -0.25) is 9.79 Å². The second-order valence-electron chi connectivity index (χ2n) is 5.40. The number of benzene rings is 1. The third kappa shape index (κ3) is 8.42. The monoisotopic (exact) mass is 359 g/mol. The highest BCUT2D eigenvalue weighted by Crippen LogP contribution is 2.29. The summed E-state index contributed by atoms with van der Waals surface area (Å²) in [6.07, 6.45) is -1.81. The molecule has 2 N–H and O–H groups in total. The number of nitrogens with one attached hydrogen (secondary N) is 2. The van der Waals surface area contributed by atoms with Crippen LogP contribution in [0.5, 0.6) is 0 Å². The number of hydrogen-bond donors (Lipinski definition) is 2. The molecule has 0 fully saturated rings. The quantitative estimate of drug-likeness (QED) is 0.324. The zero-order valence-corrected chi connectivity index (χ0v) is 14.4. The molecule has 0 radical (unpaired) electrons. The molecule has 0 heterocycles. The lowest BCUT2D eigenvalue weighted by Crippen LogP contribution is -2.38. The first kappa shape index (κ1) is 20.8. The predicted octanol–water partition coefficient (Wildman–Crippen LogP) is 2.76. The average Bonchev–Trinajstić information content (AvgIpc) is 2.59. The molecule has 0 saturated heterocycles. The molecular formula is C17H24F3N3O2. The van der Waals surface area contributed by atoms with E-state index in [-0.39, 0.29) is 5.97 Å². The van der Waals surface area contributed by atoms with Gasteiger partial charge >= 0.3 is 12.1 Å². The number of carbonyl (C=O) groups is 1. The number of alkyl halides is 3. The van der Waals surface area contributed by atoms with Gasteiger partial charge in [-0.25, -0.2) is 0 Å². The number of nitrogens with zero attached hydrogens (tertiary/aromatic N) is 1. The minimum atomic E-state index is -4.31. The topological polar surface area (TPSA) is 62.7 Å². The highest BCUT2D eigenvalue weighted by molar-refractivity contribution is 5.79. The molecule has 8 heteroatoms. The Bertz CT molecular complexity index is 557. The Balaban J connectivity index is 2.25. The molecule has 0 spiro atoms. The van der Waals surface area contributed by atoms with Crippen LogP contribution in [0, 0.1) is 0 Å². The standard InChI is InChI=1S/C17H24F3N3O2/c1-21-16(22-11-4-3-5-15(24)25-2)23-12-10-13-6-8-14(9-7-13)17(18,19)20/h6-9H,3-5,10-12H2,1-2H3,(H2,21,22,23). The number of rotatable bonds is 8. The number of esters is 1. The van der Waals surface area contributed by atoms with Gasteiger partial charge in [-0.1, -0.05) is 12.1 Å². The molecule has 140 valence electrons. The summed E-state index contributed by atoms with van der Waals surface area (Å²) in [6, 6.07) is 5.13. The maximum absolute atomic E-state index is 12.5. The molecule has 1 aromatic rings. The molecular weight excluding hydrogens is 335 g/mol. The van der Waals surface area contributed by atoms with Crippen LogP contribution in [0.4, 0.5) is 13.2 Å². The Labute approximate surface area is 145 Å². The van der Waals surface area contributed by atoms with Crippen LogP contribution in [-0.2, 0) is 22.1 Å². The van der Waals surface area contributed by atoms with E-state index in [0.29, 0.717) is 31.9 Å². The maximum atomic E-state index is 12.5. The average molecular weight is 359 g/mol. The van der Waals surface area contributed by atoms with Gasteiger partial charge < -0.3 is 15.4 Å². The van der Waals surface area contributed by atoms with E-state index >= 15 is 0 Å². The van der Waals surface area contributed by atoms with Crippen LogP contribution < -0.4 is 10.6 Å². The minimum absolute atomic E-state index is 0.223. The van der Waals surface area contributed by atoms with Gasteiger partial charge in [-0.2, -0.15) is 13.2 Å². The first-order valence-corrected chi connectivity index (χ1v) is 8.04. The number of halogens is 3. The number of guanidine groups is 1.